The van der Waals surface area contributed by atoms with Gasteiger partial charge in [0.15, 0.2) is 0 Å². The summed E-state index contributed by atoms with van der Waals surface area (Å²) >= 11 is 1.70. The van der Waals surface area contributed by atoms with Crippen LogP contribution >= 0.6 is 11.3 Å². The summed E-state index contributed by atoms with van der Waals surface area (Å²) in [7, 11) is 0. The molecule has 2 aromatic carbocycles. The predicted molar refractivity (Wildman–Crippen MR) is 129 cm³/mol. The molecule has 2 aromatic heterocycles. The second-order valence-electron chi connectivity index (χ2n) is 9.04. The van der Waals surface area contributed by atoms with Crippen LogP contribution in [0.25, 0.3) is 20.5 Å². The summed E-state index contributed by atoms with van der Waals surface area (Å²) in [5.74, 6) is 0.863. The highest BCUT2D eigenvalue weighted by molar-refractivity contribution is 7.22. The average Bonchev–Trinajstić information content (AvgIpc) is 3.24. The molecule has 6 rings (SSSR count). The molecule has 2 aliphatic rings. The molecule has 4 heterocycles. The lowest BCUT2D eigenvalue weighted by Crippen LogP contribution is -2.46. The van der Waals surface area contributed by atoms with E-state index in [0.29, 0.717) is 17.4 Å². The maximum Gasteiger partial charge on any atom is 0.259 e. The smallest absolute Gasteiger partial charge is 0.259 e. The Kier molecular flexibility index (Phi) is 4.71. The quantitative estimate of drug-likeness (QED) is 0.441. The van der Waals surface area contributed by atoms with Crippen molar-refractivity contribution in [1.29, 1.82) is 5.26 Å². The molecule has 0 saturated carbocycles. The molecular weight excluding hydrogens is 414 g/mol. The maximum absolute atomic E-state index is 13.5. The Morgan fingerprint density at radius 1 is 1.00 bits per heavy atom. The molecule has 0 amide bonds. The summed E-state index contributed by atoms with van der Waals surface area (Å²) in [6, 6.07) is 24.8. The molecule has 2 bridgehead atoms. The van der Waals surface area contributed by atoms with Gasteiger partial charge in [0.2, 0.25) is 0 Å². The zero-order valence-electron chi connectivity index (χ0n) is 17.7. The molecular formula is C27H23N3OS. The summed E-state index contributed by atoms with van der Waals surface area (Å²) in [6.45, 7) is 3.59. The molecule has 158 valence electrons. The minimum atomic E-state index is 0.152. The topological polar surface area (TPSA) is 49.0 Å². The van der Waals surface area contributed by atoms with Gasteiger partial charge in [-0.05, 0) is 59.7 Å². The molecule has 0 N–H and O–H groups in total. The van der Waals surface area contributed by atoms with Crippen molar-refractivity contribution in [3.8, 4) is 16.5 Å². The van der Waals surface area contributed by atoms with Gasteiger partial charge in [0, 0.05) is 47.4 Å². The third kappa shape index (κ3) is 3.37. The lowest BCUT2D eigenvalue weighted by Gasteiger charge is -2.43. The minimum Gasteiger partial charge on any atom is -0.311 e. The van der Waals surface area contributed by atoms with E-state index in [1.54, 1.807) is 11.3 Å². The zero-order valence-corrected chi connectivity index (χ0v) is 18.5. The van der Waals surface area contributed by atoms with E-state index >= 15 is 0 Å². The van der Waals surface area contributed by atoms with Gasteiger partial charge in [-0.3, -0.25) is 9.69 Å². The van der Waals surface area contributed by atoms with Gasteiger partial charge in [-0.1, -0.05) is 30.3 Å². The number of thiophene rings is 1. The fourth-order valence-electron chi connectivity index (χ4n) is 5.47. The Labute approximate surface area is 191 Å². The highest BCUT2D eigenvalue weighted by Crippen LogP contribution is 2.37. The Hall–Kier alpha value is -3.20. The van der Waals surface area contributed by atoms with E-state index in [0.717, 1.165) is 43.0 Å². The zero-order chi connectivity index (χ0) is 21.7. The first-order valence-electron chi connectivity index (χ1n) is 11.1. The van der Waals surface area contributed by atoms with Crippen molar-refractivity contribution < 1.29 is 0 Å². The number of benzene rings is 2. The van der Waals surface area contributed by atoms with E-state index in [1.165, 1.54) is 21.3 Å². The van der Waals surface area contributed by atoms with Crippen LogP contribution in [0.3, 0.4) is 0 Å². The van der Waals surface area contributed by atoms with E-state index in [-0.39, 0.29) is 5.56 Å². The fraction of sp³-hybridized carbons (Fsp3) is 0.259. The second-order valence-corrected chi connectivity index (χ2v) is 10.1. The van der Waals surface area contributed by atoms with Crippen molar-refractivity contribution in [2.45, 2.75) is 25.4 Å². The van der Waals surface area contributed by atoms with Crippen molar-refractivity contribution in [2.75, 3.05) is 13.1 Å². The third-order valence-corrected chi connectivity index (χ3v) is 7.98. The Balaban J connectivity index is 1.30. The molecule has 0 spiro atoms. The average molecular weight is 438 g/mol. The van der Waals surface area contributed by atoms with Crippen LogP contribution in [0, 0.1) is 17.2 Å². The standard InChI is InChI=1S/C27H23N3OS/c28-13-18-4-3-5-19(10-18)14-29-15-20-11-22(17-29)24-9-8-23(27(31)30(24)16-20)26-12-21-6-1-2-7-25(21)32-26/h1-10,12,20,22H,11,14-17H2/t20-,22+/m0/s1. The SMILES string of the molecule is N#Cc1cccc(CN2C[C@@H]3C[C@H](C2)c2ccc(-c4cc5ccccc5s4)c(=O)n2C3)c1. The normalized spacial score (nSPS) is 20.1. The lowest BCUT2D eigenvalue weighted by atomic mass is 9.82. The van der Waals surface area contributed by atoms with E-state index < -0.39 is 0 Å². The van der Waals surface area contributed by atoms with Gasteiger partial charge in [-0.25, -0.2) is 0 Å². The molecule has 32 heavy (non-hydrogen) atoms. The van der Waals surface area contributed by atoms with Crippen molar-refractivity contribution >= 4 is 21.4 Å². The van der Waals surface area contributed by atoms with Crippen LogP contribution in [-0.4, -0.2) is 22.6 Å². The van der Waals surface area contributed by atoms with Crippen LogP contribution in [0.4, 0.5) is 0 Å². The highest BCUT2D eigenvalue weighted by atomic mass is 32.1. The van der Waals surface area contributed by atoms with Gasteiger partial charge >= 0.3 is 0 Å². The number of nitrogens with zero attached hydrogens (tertiary/aromatic N) is 3. The number of nitriles is 1. The van der Waals surface area contributed by atoms with E-state index in [9.17, 15) is 10.1 Å². The van der Waals surface area contributed by atoms with Gasteiger partial charge in [0.25, 0.3) is 5.56 Å². The number of piperidine rings is 1. The number of pyridine rings is 1. The Bertz CT molecular complexity index is 1390. The lowest BCUT2D eigenvalue weighted by molar-refractivity contribution is 0.114. The number of likely N-dealkylation sites (tertiary alicyclic amines) is 1. The van der Waals surface area contributed by atoms with Crippen LogP contribution in [0.5, 0.6) is 0 Å². The number of aromatic nitrogens is 1. The van der Waals surface area contributed by atoms with Crippen molar-refractivity contribution in [1.82, 2.24) is 9.47 Å². The Morgan fingerprint density at radius 3 is 2.78 bits per heavy atom. The largest absolute Gasteiger partial charge is 0.311 e. The first-order valence-corrected chi connectivity index (χ1v) is 11.9. The van der Waals surface area contributed by atoms with Gasteiger partial charge in [0.1, 0.15) is 0 Å². The van der Waals surface area contributed by atoms with Gasteiger partial charge in [-0.15, -0.1) is 11.3 Å². The molecule has 0 radical (unpaired) electrons. The Morgan fingerprint density at radius 2 is 1.91 bits per heavy atom. The van der Waals surface area contributed by atoms with Crippen LogP contribution in [-0.2, 0) is 13.1 Å². The molecule has 0 unspecified atom stereocenters. The van der Waals surface area contributed by atoms with Crippen molar-refractivity contribution in [3.63, 3.8) is 0 Å². The molecule has 0 aliphatic carbocycles. The molecule has 1 fully saturated rings. The number of rotatable bonds is 3. The molecule has 4 nitrogen and oxygen atoms in total. The monoisotopic (exact) mass is 437 g/mol. The van der Waals surface area contributed by atoms with Crippen LogP contribution in [0.1, 0.15) is 29.2 Å². The van der Waals surface area contributed by atoms with E-state index in [4.69, 9.17) is 0 Å². The van der Waals surface area contributed by atoms with Crippen LogP contribution in [0.15, 0.2) is 71.5 Å². The molecule has 4 aromatic rings. The summed E-state index contributed by atoms with van der Waals surface area (Å²) in [5.41, 5.74) is 4.04. The van der Waals surface area contributed by atoms with Gasteiger partial charge in [0.05, 0.1) is 17.2 Å². The molecule has 5 heteroatoms. The van der Waals surface area contributed by atoms with E-state index in [2.05, 4.69) is 41.3 Å². The van der Waals surface area contributed by atoms with Gasteiger partial charge < -0.3 is 4.57 Å². The summed E-state index contributed by atoms with van der Waals surface area (Å²) in [5, 5.41) is 10.4. The number of hydrogen-bond donors (Lipinski definition) is 0. The second kappa shape index (κ2) is 7.74. The minimum absolute atomic E-state index is 0.152. The number of hydrogen-bond acceptors (Lipinski definition) is 4. The summed E-state index contributed by atoms with van der Waals surface area (Å²) < 4.78 is 3.27. The van der Waals surface area contributed by atoms with Gasteiger partial charge in [-0.2, -0.15) is 5.26 Å². The number of fused-ring (bicyclic) bond motifs is 5. The highest BCUT2D eigenvalue weighted by Gasteiger charge is 2.35. The van der Waals surface area contributed by atoms with Crippen LogP contribution < -0.4 is 5.56 Å². The maximum atomic E-state index is 13.5. The summed E-state index contributed by atoms with van der Waals surface area (Å²) in [4.78, 5) is 17.0. The molecule has 2 aliphatic heterocycles. The van der Waals surface area contributed by atoms with Crippen molar-refractivity contribution in [2.24, 2.45) is 5.92 Å². The third-order valence-electron chi connectivity index (χ3n) is 6.83. The van der Waals surface area contributed by atoms with Crippen LogP contribution in [0.2, 0.25) is 0 Å². The summed E-state index contributed by atoms with van der Waals surface area (Å²) in [6.07, 6.45) is 1.15. The fourth-order valence-corrected chi connectivity index (χ4v) is 6.55. The molecule has 1 saturated heterocycles. The first-order chi connectivity index (χ1) is 15.7. The first kappa shape index (κ1) is 19.5. The predicted octanol–water partition coefficient (Wildman–Crippen LogP) is 5.22. The molecule has 2 atom stereocenters. The van der Waals surface area contributed by atoms with Crippen molar-refractivity contribution in [3.05, 3.63) is 93.9 Å². The van der Waals surface area contributed by atoms with E-state index in [1.807, 2.05) is 41.0 Å².